The molecule has 0 saturated heterocycles. The van der Waals surface area contributed by atoms with Gasteiger partial charge in [0.05, 0.1) is 14.2 Å². The van der Waals surface area contributed by atoms with Gasteiger partial charge in [-0.15, -0.1) is 0 Å². The van der Waals surface area contributed by atoms with Crippen LogP contribution in [-0.2, 0) is 20.1 Å². The number of carbonyl (C=O) groups excluding carboxylic acids is 1. The van der Waals surface area contributed by atoms with Crippen molar-refractivity contribution in [1.82, 2.24) is 9.13 Å². The van der Waals surface area contributed by atoms with Crippen molar-refractivity contribution < 1.29 is 14.4 Å². The van der Waals surface area contributed by atoms with E-state index in [0.29, 0.717) is 19.5 Å². The average molecular weight is 426 g/mol. The topological polar surface area (TPSA) is 101 Å². The Morgan fingerprint density at radius 1 is 1.13 bits per heavy atom. The lowest BCUT2D eigenvalue weighted by molar-refractivity contribution is -0.884. The number of benzene rings is 2. The van der Waals surface area contributed by atoms with E-state index >= 15 is 0 Å². The fourth-order valence-electron chi connectivity index (χ4n) is 3.77. The summed E-state index contributed by atoms with van der Waals surface area (Å²) in [6.07, 6.45) is 0.662. The van der Waals surface area contributed by atoms with Crippen molar-refractivity contribution in [2.75, 3.05) is 26.4 Å². The second kappa shape index (κ2) is 9.18. The maximum Gasteiger partial charge on any atom is 0.332 e. The van der Waals surface area contributed by atoms with E-state index in [1.54, 1.807) is 7.11 Å². The minimum atomic E-state index is -0.646. The number of aromatic nitrogens is 2. The van der Waals surface area contributed by atoms with Crippen LogP contribution in [0.2, 0.25) is 0 Å². The largest absolute Gasteiger partial charge is 0.497 e. The van der Waals surface area contributed by atoms with Gasteiger partial charge in [0.2, 0.25) is 5.78 Å². The molecule has 0 amide bonds. The van der Waals surface area contributed by atoms with Crippen molar-refractivity contribution in [2.45, 2.75) is 26.4 Å². The molecule has 0 radical (unpaired) electrons. The van der Waals surface area contributed by atoms with Gasteiger partial charge in [-0.1, -0.05) is 25.1 Å². The van der Waals surface area contributed by atoms with Gasteiger partial charge in [-0.05, 0) is 35.4 Å². The molecule has 1 unspecified atom stereocenters. The third kappa shape index (κ3) is 4.54. The maximum atomic E-state index is 12.9. The lowest BCUT2D eigenvalue weighted by Gasteiger charge is -2.16. The number of Topliss-reactive ketones (excluding diaryl/α,β-unsaturated/α-hetero) is 1. The summed E-state index contributed by atoms with van der Waals surface area (Å²) in [5.74, 6) is 0.385. The van der Waals surface area contributed by atoms with Crippen LogP contribution in [0.3, 0.4) is 0 Å². The molecule has 164 valence electrons. The highest BCUT2D eigenvalue weighted by Crippen LogP contribution is 2.21. The fourth-order valence-corrected chi connectivity index (χ4v) is 3.77. The number of nitrogen functional groups attached to an aromatic ring is 1. The zero-order chi connectivity index (χ0) is 22.7. The van der Waals surface area contributed by atoms with Crippen LogP contribution in [0.25, 0.3) is 10.8 Å². The molecule has 1 aromatic heterocycles. The monoisotopic (exact) mass is 425 g/mol. The van der Waals surface area contributed by atoms with Gasteiger partial charge in [0.1, 0.15) is 30.2 Å². The van der Waals surface area contributed by atoms with Gasteiger partial charge in [-0.25, -0.2) is 4.79 Å². The molecule has 0 bridgehead atoms. The molecule has 8 heteroatoms. The first kappa shape index (κ1) is 22.3. The zero-order valence-electron chi connectivity index (χ0n) is 18.4. The number of rotatable bonds is 8. The van der Waals surface area contributed by atoms with E-state index in [-0.39, 0.29) is 23.7 Å². The average Bonchev–Trinajstić information content (AvgIpc) is 2.74. The minimum Gasteiger partial charge on any atom is -0.497 e. The molecule has 8 nitrogen and oxygen atoms in total. The predicted octanol–water partition coefficient (Wildman–Crippen LogP) is 0.599. The second-order valence-electron chi connectivity index (χ2n) is 7.84. The van der Waals surface area contributed by atoms with Gasteiger partial charge in [-0.2, -0.15) is 0 Å². The summed E-state index contributed by atoms with van der Waals surface area (Å²) in [4.78, 5) is 38.7. The number of hydrogen-bond acceptors (Lipinski definition) is 5. The van der Waals surface area contributed by atoms with Gasteiger partial charge >= 0.3 is 5.69 Å². The Bertz CT molecular complexity index is 1240. The Hall–Kier alpha value is -3.39. The molecule has 3 N–H and O–H groups in total. The first-order chi connectivity index (χ1) is 14.8. The SMILES string of the molecule is CCCn1c(N)c(C(=O)C[NH+](C)Cc2ccc3cc(OC)ccc3c2)c(=O)n(C)c1=O. The summed E-state index contributed by atoms with van der Waals surface area (Å²) >= 11 is 0. The molecule has 31 heavy (non-hydrogen) atoms. The van der Waals surface area contributed by atoms with E-state index in [4.69, 9.17) is 10.5 Å². The van der Waals surface area contributed by atoms with Crippen LogP contribution in [0.4, 0.5) is 5.82 Å². The van der Waals surface area contributed by atoms with Crippen LogP contribution in [0, 0.1) is 0 Å². The number of nitrogens with one attached hydrogen (secondary N) is 1. The smallest absolute Gasteiger partial charge is 0.332 e. The van der Waals surface area contributed by atoms with E-state index in [2.05, 4.69) is 6.07 Å². The quantitative estimate of drug-likeness (QED) is 0.515. The normalized spacial score (nSPS) is 12.1. The van der Waals surface area contributed by atoms with Gasteiger partial charge in [0, 0.05) is 19.2 Å². The zero-order valence-corrected chi connectivity index (χ0v) is 18.4. The number of methoxy groups -OCH3 is 1. The highest BCUT2D eigenvalue weighted by Gasteiger charge is 2.23. The van der Waals surface area contributed by atoms with Crippen molar-refractivity contribution in [3.05, 3.63) is 68.4 Å². The van der Waals surface area contributed by atoms with Crippen molar-refractivity contribution >= 4 is 22.4 Å². The first-order valence-electron chi connectivity index (χ1n) is 10.3. The van der Waals surface area contributed by atoms with E-state index in [1.807, 2.05) is 44.3 Å². The van der Waals surface area contributed by atoms with E-state index in [1.165, 1.54) is 11.6 Å². The van der Waals surface area contributed by atoms with Crippen LogP contribution in [-0.4, -0.2) is 35.6 Å². The number of nitrogens with two attached hydrogens (primary N) is 1. The summed E-state index contributed by atoms with van der Waals surface area (Å²) in [6, 6.07) is 12.0. The number of nitrogens with zero attached hydrogens (tertiary/aromatic N) is 2. The Morgan fingerprint density at radius 2 is 1.81 bits per heavy atom. The van der Waals surface area contributed by atoms with E-state index < -0.39 is 11.2 Å². The number of ketones is 1. The number of ether oxygens (including phenoxy) is 1. The van der Waals surface area contributed by atoms with Crippen LogP contribution in [0.1, 0.15) is 29.3 Å². The Balaban J connectivity index is 1.82. The van der Waals surface area contributed by atoms with E-state index in [9.17, 15) is 14.4 Å². The van der Waals surface area contributed by atoms with Crippen molar-refractivity contribution in [3.63, 3.8) is 0 Å². The first-order valence-corrected chi connectivity index (χ1v) is 10.3. The molecule has 0 aliphatic carbocycles. The third-order valence-corrected chi connectivity index (χ3v) is 5.39. The highest BCUT2D eigenvalue weighted by atomic mass is 16.5. The number of quaternary nitrogens is 1. The van der Waals surface area contributed by atoms with Crippen molar-refractivity contribution in [3.8, 4) is 5.75 Å². The number of likely N-dealkylation sites (N-methyl/N-ethyl adjacent to an activating group) is 1. The molecule has 0 fully saturated rings. The molecule has 0 aliphatic rings. The summed E-state index contributed by atoms with van der Waals surface area (Å²) in [5.41, 5.74) is 5.87. The van der Waals surface area contributed by atoms with E-state index in [0.717, 1.165) is 31.6 Å². The van der Waals surface area contributed by atoms with Crippen LogP contribution < -0.4 is 26.6 Å². The van der Waals surface area contributed by atoms with Crippen LogP contribution >= 0.6 is 0 Å². The molecule has 0 saturated carbocycles. The molecule has 2 aromatic carbocycles. The fraction of sp³-hybridized carbons (Fsp3) is 0.348. The molecule has 3 aromatic rings. The van der Waals surface area contributed by atoms with Crippen LogP contribution in [0.15, 0.2) is 46.0 Å². The third-order valence-electron chi connectivity index (χ3n) is 5.39. The van der Waals surface area contributed by atoms with Crippen molar-refractivity contribution in [1.29, 1.82) is 0 Å². The lowest BCUT2D eigenvalue weighted by Crippen LogP contribution is -3.08. The molecule has 1 heterocycles. The number of anilines is 1. The maximum absolute atomic E-state index is 12.9. The second-order valence-corrected chi connectivity index (χ2v) is 7.84. The standard InChI is InChI=1S/C23H28N4O4/c1-5-10-27-21(24)20(22(29)26(3)23(27)30)19(28)14-25(2)13-15-6-7-17-12-18(31-4)9-8-16(17)11-15/h6-9,11-12H,5,10,13-14,24H2,1-4H3/p+1. The van der Waals surface area contributed by atoms with Gasteiger partial charge < -0.3 is 15.4 Å². The lowest BCUT2D eigenvalue weighted by atomic mass is 10.1. The Morgan fingerprint density at radius 3 is 2.48 bits per heavy atom. The Kier molecular flexibility index (Phi) is 6.60. The summed E-state index contributed by atoms with van der Waals surface area (Å²) in [6.45, 7) is 2.94. The van der Waals surface area contributed by atoms with Gasteiger partial charge in [-0.3, -0.25) is 18.7 Å². The Labute approximate surface area is 180 Å². The summed E-state index contributed by atoms with van der Waals surface area (Å²) < 4.78 is 7.50. The molecular weight excluding hydrogens is 396 g/mol. The van der Waals surface area contributed by atoms with Crippen molar-refractivity contribution in [2.24, 2.45) is 7.05 Å². The number of hydrogen-bond donors (Lipinski definition) is 2. The number of fused-ring (bicyclic) bond motifs is 1. The summed E-state index contributed by atoms with van der Waals surface area (Å²) in [5, 5.41) is 2.16. The molecular formula is C23H29N4O4+. The molecule has 3 rings (SSSR count). The molecule has 1 atom stereocenters. The van der Waals surface area contributed by atoms with Gasteiger partial charge in [0.25, 0.3) is 5.56 Å². The highest BCUT2D eigenvalue weighted by molar-refractivity contribution is 6.00. The van der Waals surface area contributed by atoms with Crippen LogP contribution in [0.5, 0.6) is 5.75 Å². The van der Waals surface area contributed by atoms with Gasteiger partial charge in [0.15, 0.2) is 0 Å². The number of carbonyl (C=O) groups is 1. The molecule has 0 aliphatic heterocycles. The summed E-state index contributed by atoms with van der Waals surface area (Å²) in [7, 11) is 4.89. The minimum absolute atomic E-state index is 0.0487. The molecule has 0 spiro atoms. The predicted molar refractivity (Wildman–Crippen MR) is 121 cm³/mol.